The van der Waals surface area contributed by atoms with E-state index in [1.807, 2.05) is 23.0 Å². The van der Waals surface area contributed by atoms with Gasteiger partial charge in [0.1, 0.15) is 6.73 Å². The zero-order valence-corrected chi connectivity index (χ0v) is 22.7. The molecule has 1 aromatic heterocycles. The number of benzene rings is 2. The van der Waals surface area contributed by atoms with Crippen LogP contribution in [0.2, 0.25) is 30.7 Å². The molecule has 1 aliphatic rings. The van der Waals surface area contributed by atoms with Crippen LogP contribution in [-0.4, -0.2) is 44.2 Å². The second-order valence-corrected chi connectivity index (χ2v) is 16.9. The average Bonchev–Trinajstić information content (AvgIpc) is 3.23. The summed E-state index contributed by atoms with van der Waals surface area (Å²) in [5.41, 5.74) is 3.35. The van der Waals surface area contributed by atoms with E-state index < -0.39 is 8.07 Å². The SMILES string of the molecule is CC(OCC1(c2ccccc2)CCNCC1)c1cc(Cl)cc2cn(COCC[Si-](C)(C)C)nc12. The molecule has 1 unspecified atom stereocenters. The molecule has 2 aromatic carbocycles. The predicted molar refractivity (Wildman–Crippen MR) is 143 cm³/mol. The lowest BCUT2D eigenvalue weighted by atomic mass is 9.74. The number of hydrogen-bond donors (Lipinski definition) is 1. The van der Waals surface area contributed by atoms with Gasteiger partial charge in [-0.3, -0.25) is 0 Å². The molecule has 0 aliphatic carbocycles. The third-order valence-corrected chi connectivity index (χ3v) is 8.79. The molecule has 0 amide bonds. The van der Waals surface area contributed by atoms with Crippen LogP contribution in [0.4, 0.5) is 0 Å². The molecule has 0 spiro atoms. The number of halogens is 1. The summed E-state index contributed by atoms with van der Waals surface area (Å²) in [5.74, 6) is 0. The molecule has 5 nitrogen and oxygen atoms in total. The molecule has 1 saturated heterocycles. The minimum atomic E-state index is -1.11. The van der Waals surface area contributed by atoms with Crippen molar-refractivity contribution in [2.75, 3.05) is 26.3 Å². The summed E-state index contributed by atoms with van der Waals surface area (Å²) >= 11 is 6.50. The van der Waals surface area contributed by atoms with Gasteiger partial charge < -0.3 is 14.8 Å². The Morgan fingerprint density at radius 2 is 1.88 bits per heavy atom. The molecule has 0 radical (unpaired) electrons. The fourth-order valence-electron chi connectivity index (χ4n) is 4.67. The fraction of sp³-hybridized carbons (Fsp3) is 0.519. The van der Waals surface area contributed by atoms with E-state index in [-0.39, 0.29) is 11.5 Å². The standard InChI is InChI=1S/C27H38ClN3O2Si/c1-21(33-19-27(10-12-29-13-11-27)23-8-6-5-7-9-23)25-17-24(28)16-22-18-31(30-26(22)25)20-32-14-15-34(2,3)4/h5-9,16-18,21,29H,10-15,19-20H2,1-4H3/q-1. The van der Waals surface area contributed by atoms with Gasteiger partial charge in [0.15, 0.2) is 0 Å². The Kier molecular flexibility index (Phi) is 8.15. The average molecular weight is 500 g/mol. The molecule has 0 saturated carbocycles. The molecule has 185 valence electrons. The highest BCUT2D eigenvalue weighted by Crippen LogP contribution is 2.36. The molecular formula is C27H38ClN3O2Si-. The summed E-state index contributed by atoms with van der Waals surface area (Å²) in [6.07, 6.45) is 4.04. The van der Waals surface area contributed by atoms with Crippen LogP contribution in [0, 0.1) is 0 Å². The second-order valence-electron chi connectivity index (χ2n) is 10.8. The van der Waals surface area contributed by atoms with E-state index in [1.165, 1.54) is 5.56 Å². The molecule has 1 fully saturated rings. The maximum atomic E-state index is 6.57. The van der Waals surface area contributed by atoms with Gasteiger partial charge in [0.25, 0.3) is 0 Å². The van der Waals surface area contributed by atoms with Crippen molar-refractivity contribution in [1.29, 1.82) is 0 Å². The van der Waals surface area contributed by atoms with E-state index in [0.717, 1.165) is 55.0 Å². The van der Waals surface area contributed by atoms with Crippen LogP contribution in [-0.2, 0) is 21.6 Å². The number of hydrogen-bond acceptors (Lipinski definition) is 4. The summed E-state index contributed by atoms with van der Waals surface area (Å²) in [5, 5.41) is 10.1. The van der Waals surface area contributed by atoms with Crippen molar-refractivity contribution in [2.24, 2.45) is 0 Å². The molecule has 1 atom stereocenters. The van der Waals surface area contributed by atoms with E-state index in [2.05, 4.69) is 62.2 Å². The smallest absolute Gasteiger partial charge is 0.139 e. The van der Waals surface area contributed by atoms with Crippen LogP contribution < -0.4 is 5.32 Å². The first kappa shape index (κ1) is 25.4. The highest BCUT2D eigenvalue weighted by atomic mass is 35.5. The molecule has 7 heteroatoms. The first-order valence-corrected chi connectivity index (χ1v) is 16.5. The van der Waals surface area contributed by atoms with Crippen molar-refractivity contribution in [3.05, 3.63) is 64.8 Å². The van der Waals surface area contributed by atoms with E-state index in [4.69, 9.17) is 26.2 Å². The Morgan fingerprint density at radius 1 is 1.15 bits per heavy atom. The van der Waals surface area contributed by atoms with Gasteiger partial charge in [0.05, 0.1) is 18.2 Å². The maximum absolute atomic E-state index is 6.57. The number of rotatable bonds is 10. The lowest BCUT2D eigenvalue weighted by molar-refractivity contribution is 0.0172. The summed E-state index contributed by atoms with van der Waals surface area (Å²) in [6.45, 7) is 13.1. The van der Waals surface area contributed by atoms with Crippen LogP contribution in [0.5, 0.6) is 0 Å². The second kappa shape index (κ2) is 10.9. The van der Waals surface area contributed by atoms with Crippen LogP contribution in [0.1, 0.15) is 37.0 Å². The van der Waals surface area contributed by atoms with Gasteiger partial charge in [-0.1, -0.05) is 41.9 Å². The van der Waals surface area contributed by atoms with Crippen LogP contribution in [0.25, 0.3) is 10.9 Å². The minimum absolute atomic E-state index is 0.0298. The molecule has 34 heavy (non-hydrogen) atoms. The molecule has 1 N–H and O–H groups in total. The summed E-state index contributed by atoms with van der Waals surface area (Å²) in [7, 11) is -1.11. The van der Waals surface area contributed by atoms with E-state index in [1.54, 1.807) is 0 Å². The molecule has 4 rings (SSSR count). The molecule has 2 heterocycles. The van der Waals surface area contributed by atoms with Gasteiger partial charge in [-0.15, -0.1) is 14.1 Å². The molecular weight excluding hydrogens is 462 g/mol. The summed E-state index contributed by atoms with van der Waals surface area (Å²) in [6, 6.07) is 15.9. The van der Waals surface area contributed by atoms with Crippen molar-refractivity contribution >= 4 is 30.6 Å². The first-order chi connectivity index (χ1) is 16.3. The number of nitrogens with one attached hydrogen (secondary N) is 1. The maximum Gasteiger partial charge on any atom is 0.139 e. The Labute approximate surface area is 209 Å². The lowest BCUT2D eigenvalue weighted by Crippen LogP contribution is -2.43. The third kappa shape index (κ3) is 6.29. The Balaban J connectivity index is 1.49. The zero-order chi connectivity index (χ0) is 24.2. The van der Waals surface area contributed by atoms with Crippen LogP contribution in [0.3, 0.4) is 0 Å². The third-order valence-electron chi connectivity index (χ3n) is 6.86. The van der Waals surface area contributed by atoms with Gasteiger partial charge in [0.2, 0.25) is 0 Å². The highest BCUT2D eigenvalue weighted by molar-refractivity contribution is 6.76. The van der Waals surface area contributed by atoms with Crippen molar-refractivity contribution in [3.63, 3.8) is 0 Å². The first-order valence-electron chi connectivity index (χ1n) is 12.4. The molecule has 3 aromatic rings. The fourth-order valence-corrected chi connectivity index (χ4v) is 5.67. The van der Waals surface area contributed by atoms with E-state index in [0.29, 0.717) is 18.4 Å². The van der Waals surface area contributed by atoms with Crippen molar-refractivity contribution in [3.8, 4) is 0 Å². The largest absolute Gasteiger partial charge is 0.373 e. The van der Waals surface area contributed by atoms with E-state index in [9.17, 15) is 0 Å². The number of piperidine rings is 1. The summed E-state index contributed by atoms with van der Waals surface area (Å²) < 4.78 is 14.4. The zero-order valence-electron chi connectivity index (χ0n) is 20.9. The van der Waals surface area contributed by atoms with Crippen molar-refractivity contribution < 1.29 is 9.47 Å². The van der Waals surface area contributed by atoms with Gasteiger partial charge in [0, 0.05) is 34.2 Å². The predicted octanol–water partition coefficient (Wildman–Crippen LogP) is 6.40. The quantitative estimate of drug-likeness (QED) is 0.259. The van der Waals surface area contributed by atoms with Crippen LogP contribution >= 0.6 is 11.6 Å². The van der Waals surface area contributed by atoms with Crippen molar-refractivity contribution in [1.82, 2.24) is 15.1 Å². The van der Waals surface area contributed by atoms with E-state index >= 15 is 0 Å². The monoisotopic (exact) mass is 499 g/mol. The lowest BCUT2D eigenvalue weighted by Gasteiger charge is -2.38. The number of aromatic nitrogens is 2. The number of ether oxygens (including phenoxy) is 2. The van der Waals surface area contributed by atoms with Gasteiger partial charge >= 0.3 is 0 Å². The minimum Gasteiger partial charge on any atom is -0.373 e. The Morgan fingerprint density at radius 3 is 2.59 bits per heavy atom. The van der Waals surface area contributed by atoms with Gasteiger partial charge in [-0.2, -0.15) is 24.7 Å². The van der Waals surface area contributed by atoms with Gasteiger partial charge in [-0.05, 0) is 50.6 Å². The molecule has 0 bridgehead atoms. The number of fused-ring (bicyclic) bond motifs is 1. The molecule has 1 aliphatic heterocycles. The normalized spacial score (nSPS) is 17.2. The number of nitrogens with zero attached hydrogens (tertiary/aromatic N) is 2. The summed E-state index contributed by atoms with van der Waals surface area (Å²) in [4.78, 5) is 0. The topological polar surface area (TPSA) is 48.3 Å². The van der Waals surface area contributed by atoms with Gasteiger partial charge in [-0.25, -0.2) is 4.68 Å². The van der Waals surface area contributed by atoms with Crippen molar-refractivity contribution in [2.45, 2.75) is 63.7 Å². The highest BCUT2D eigenvalue weighted by Gasteiger charge is 2.35. The Hall–Kier alpha value is -1.70. The van der Waals surface area contributed by atoms with Crippen LogP contribution in [0.15, 0.2) is 48.7 Å². The Bertz CT molecular complexity index is 1070.